The lowest BCUT2D eigenvalue weighted by atomic mass is 9.66. The fraction of sp³-hybridized carbons (Fsp3) is 0.833. The van der Waals surface area contributed by atoms with E-state index in [0.717, 1.165) is 36.5 Å². The third-order valence-electron chi connectivity index (χ3n) is 5.77. The van der Waals surface area contributed by atoms with Gasteiger partial charge in [-0.25, -0.2) is 4.98 Å². The highest BCUT2D eigenvalue weighted by Gasteiger charge is 2.35. The summed E-state index contributed by atoms with van der Waals surface area (Å²) in [6.07, 6.45) is 16.4. The monoisotopic (exact) mass is 289 g/mol. The molecule has 1 aromatic rings. The number of imidazole rings is 1. The summed E-state index contributed by atoms with van der Waals surface area (Å²) in [6, 6.07) is 0.610. The van der Waals surface area contributed by atoms with E-state index in [9.17, 15) is 0 Å². The molecule has 4 atom stereocenters. The highest BCUT2D eigenvalue weighted by atomic mass is 14.9. The third kappa shape index (κ3) is 3.88. The van der Waals surface area contributed by atoms with Gasteiger partial charge in [0, 0.05) is 24.9 Å². The molecule has 3 rings (SSSR count). The number of hydrogen-bond acceptors (Lipinski definition) is 2. The second-order valence-electron chi connectivity index (χ2n) is 7.18. The maximum absolute atomic E-state index is 4.44. The standard InChI is InChI=1S/C18H31N3/c1-2-9-19-17(13-18-20-10-11-21-18)16-8-7-14-5-3-4-6-15(14)12-16/h10-11,14-17,19H,2-9,12-13H2,1H3,(H,20,21). The Bertz CT molecular complexity index is 401. The molecular weight excluding hydrogens is 258 g/mol. The molecule has 3 heteroatoms. The van der Waals surface area contributed by atoms with Crippen LogP contribution in [-0.4, -0.2) is 22.6 Å². The Morgan fingerprint density at radius 1 is 1.24 bits per heavy atom. The van der Waals surface area contributed by atoms with Crippen molar-refractivity contribution in [3.05, 3.63) is 18.2 Å². The number of hydrogen-bond donors (Lipinski definition) is 2. The SMILES string of the molecule is CCCNC(Cc1ncc[nH]1)C1CCC2CCCCC2C1. The largest absolute Gasteiger partial charge is 0.349 e. The predicted octanol–water partition coefficient (Wildman–Crippen LogP) is 3.93. The van der Waals surface area contributed by atoms with Gasteiger partial charge in [0.05, 0.1) is 0 Å². The van der Waals surface area contributed by atoms with Crippen LogP contribution in [0, 0.1) is 17.8 Å². The Kier molecular flexibility index (Phi) is 5.34. The highest BCUT2D eigenvalue weighted by molar-refractivity contribution is 4.96. The molecule has 2 fully saturated rings. The van der Waals surface area contributed by atoms with Crippen molar-refractivity contribution in [2.75, 3.05) is 6.54 Å². The molecule has 2 N–H and O–H groups in total. The Morgan fingerprint density at radius 2 is 2.10 bits per heavy atom. The van der Waals surface area contributed by atoms with Crippen LogP contribution >= 0.6 is 0 Å². The Labute approximate surface area is 129 Å². The van der Waals surface area contributed by atoms with Crippen LogP contribution in [0.25, 0.3) is 0 Å². The van der Waals surface area contributed by atoms with Gasteiger partial charge in [0.2, 0.25) is 0 Å². The van der Waals surface area contributed by atoms with E-state index < -0.39 is 0 Å². The first-order valence-electron chi connectivity index (χ1n) is 9.08. The van der Waals surface area contributed by atoms with Crippen LogP contribution in [0.15, 0.2) is 12.4 Å². The lowest BCUT2D eigenvalue weighted by Gasteiger charge is -2.42. The zero-order valence-electron chi connectivity index (χ0n) is 13.5. The summed E-state index contributed by atoms with van der Waals surface area (Å²) in [5, 5.41) is 3.81. The Hall–Kier alpha value is -0.830. The smallest absolute Gasteiger partial charge is 0.107 e. The van der Waals surface area contributed by atoms with Crippen molar-refractivity contribution in [2.24, 2.45) is 17.8 Å². The first kappa shape index (κ1) is 15.1. The molecule has 0 aliphatic heterocycles. The van der Waals surface area contributed by atoms with Crippen molar-refractivity contribution in [1.82, 2.24) is 15.3 Å². The average molecular weight is 289 g/mol. The van der Waals surface area contributed by atoms with Gasteiger partial charge in [0.25, 0.3) is 0 Å². The fourth-order valence-electron chi connectivity index (χ4n) is 4.63. The third-order valence-corrected chi connectivity index (χ3v) is 5.77. The van der Waals surface area contributed by atoms with Gasteiger partial charge < -0.3 is 10.3 Å². The van der Waals surface area contributed by atoms with Crippen LogP contribution in [-0.2, 0) is 6.42 Å². The summed E-state index contributed by atoms with van der Waals surface area (Å²) >= 11 is 0. The minimum absolute atomic E-state index is 0.610. The van der Waals surface area contributed by atoms with Crippen molar-refractivity contribution in [3.8, 4) is 0 Å². The number of nitrogens with zero attached hydrogens (tertiary/aromatic N) is 1. The van der Waals surface area contributed by atoms with E-state index in [2.05, 4.69) is 22.2 Å². The Balaban J connectivity index is 1.61. The van der Waals surface area contributed by atoms with Crippen molar-refractivity contribution >= 4 is 0 Å². The van der Waals surface area contributed by atoms with Crippen LogP contribution in [0.3, 0.4) is 0 Å². The van der Waals surface area contributed by atoms with Crippen molar-refractivity contribution < 1.29 is 0 Å². The van der Waals surface area contributed by atoms with E-state index in [1.807, 2.05) is 12.4 Å². The molecule has 2 aliphatic carbocycles. The van der Waals surface area contributed by atoms with Crippen LogP contribution in [0.1, 0.15) is 64.1 Å². The first-order valence-corrected chi connectivity index (χ1v) is 9.08. The zero-order valence-corrected chi connectivity index (χ0v) is 13.5. The summed E-state index contributed by atoms with van der Waals surface area (Å²) < 4.78 is 0. The summed E-state index contributed by atoms with van der Waals surface area (Å²) in [4.78, 5) is 7.73. The van der Waals surface area contributed by atoms with Gasteiger partial charge >= 0.3 is 0 Å². The molecule has 0 aromatic carbocycles. The molecule has 2 saturated carbocycles. The van der Waals surface area contributed by atoms with E-state index in [1.54, 1.807) is 0 Å². The van der Waals surface area contributed by atoms with Crippen molar-refractivity contribution in [1.29, 1.82) is 0 Å². The molecule has 0 saturated heterocycles. The molecule has 4 unspecified atom stereocenters. The summed E-state index contributed by atoms with van der Waals surface area (Å²) in [6.45, 7) is 3.39. The fourth-order valence-corrected chi connectivity index (χ4v) is 4.63. The second kappa shape index (κ2) is 7.44. The quantitative estimate of drug-likeness (QED) is 0.833. The first-order chi connectivity index (χ1) is 10.4. The molecule has 1 aromatic heterocycles. The lowest BCUT2D eigenvalue weighted by Crippen LogP contribution is -2.42. The maximum atomic E-state index is 4.44. The zero-order chi connectivity index (χ0) is 14.5. The van der Waals surface area contributed by atoms with E-state index in [0.29, 0.717) is 6.04 Å². The minimum Gasteiger partial charge on any atom is -0.349 e. The van der Waals surface area contributed by atoms with Crippen LogP contribution < -0.4 is 5.32 Å². The summed E-state index contributed by atoms with van der Waals surface area (Å²) in [5.74, 6) is 4.06. The number of nitrogens with one attached hydrogen (secondary N) is 2. The topological polar surface area (TPSA) is 40.7 Å². The maximum Gasteiger partial charge on any atom is 0.107 e. The number of H-pyrrole nitrogens is 1. The van der Waals surface area contributed by atoms with Gasteiger partial charge in [-0.1, -0.05) is 32.6 Å². The highest BCUT2D eigenvalue weighted by Crippen LogP contribution is 2.43. The van der Waals surface area contributed by atoms with Gasteiger partial charge in [-0.3, -0.25) is 0 Å². The van der Waals surface area contributed by atoms with Crippen molar-refractivity contribution in [3.63, 3.8) is 0 Å². The summed E-state index contributed by atoms with van der Waals surface area (Å²) in [7, 11) is 0. The minimum atomic E-state index is 0.610. The Morgan fingerprint density at radius 3 is 2.86 bits per heavy atom. The van der Waals surface area contributed by atoms with E-state index in [-0.39, 0.29) is 0 Å². The molecule has 0 radical (unpaired) electrons. The molecule has 2 aliphatic rings. The average Bonchev–Trinajstić information content (AvgIpc) is 3.04. The summed E-state index contributed by atoms with van der Waals surface area (Å²) in [5.41, 5.74) is 0. The van der Waals surface area contributed by atoms with Gasteiger partial charge in [-0.05, 0) is 50.0 Å². The molecule has 3 nitrogen and oxygen atoms in total. The molecule has 0 spiro atoms. The predicted molar refractivity (Wildman–Crippen MR) is 87.2 cm³/mol. The number of fused-ring (bicyclic) bond motifs is 1. The normalized spacial score (nSPS) is 30.8. The van der Waals surface area contributed by atoms with Gasteiger partial charge in [0.1, 0.15) is 5.82 Å². The molecular formula is C18H31N3. The number of aromatic nitrogens is 2. The van der Waals surface area contributed by atoms with Gasteiger partial charge in [-0.2, -0.15) is 0 Å². The number of rotatable bonds is 6. The number of aromatic amines is 1. The van der Waals surface area contributed by atoms with Crippen LogP contribution in [0.2, 0.25) is 0 Å². The molecule has 118 valence electrons. The lowest BCUT2D eigenvalue weighted by molar-refractivity contribution is 0.109. The van der Waals surface area contributed by atoms with Gasteiger partial charge in [-0.15, -0.1) is 0 Å². The molecule has 21 heavy (non-hydrogen) atoms. The van der Waals surface area contributed by atoms with E-state index >= 15 is 0 Å². The van der Waals surface area contributed by atoms with E-state index in [1.165, 1.54) is 51.4 Å². The molecule has 0 bridgehead atoms. The van der Waals surface area contributed by atoms with E-state index in [4.69, 9.17) is 0 Å². The second-order valence-corrected chi connectivity index (χ2v) is 7.18. The van der Waals surface area contributed by atoms with Gasteiger partial charge in [0.15, 0.2) is 0 Å². The van der Waals surface area contributed by atoms with Crippen LogP contribution in [0.5, 0.6) is 0 Å². The molecule has 1 heterocycles. The molecule has 0 amide bonds. The van der Waals surface area contributed by atoms with Crippen molar-refractivity contribution in [2.45, 2.75) is 70.8 Å². The van der Waals surface area contributed by atoms with Crippen LogP contribution in [0.4, 0.5) is 0 Å².